The first-order valence-corrected chi connectivity index (χ1v) is 10.0. The van der Waals surface area contributed by atoms with E-state index >= 15 is 4.39 Å². The lowest BCUT2D eigenvalue weighted by atomic mass is 9.99. The molecule has 0 saturated heterocycles. The van der Waals surface area contributed by atoms with E-state index in [0.717, 1.165) is 29.7 Å². The normalized spacial score (nSPS) is 11.2. The Bertz CT molecular complexity index is 1310. The number of halogens is 4. The Morgan fingerprint density at radius 1 is 0.781 bits per heavy atom. The second-order valence-corrected chi connectivity index (χ2v) is 7.24. The first-order chi connectivity index (χ1) is 15.3. The maximum Gasteiger partial charge on any atom is 0.573 e. The summed E-state index contributed by atoms with van der Waals surface area (Å²) in [6, 6.07) is 21.8. The van der Waals surface area contributed by atoms with Crippen molar-refractivity contribution in [3.05, 3.63) is 101 Å². The van der Waals surface area contributed by atoms with E-state index in [1.807, 2.05) is 30.3 Å². The Hall–Kier alpha value is -3.78. The standard InChI is InChI=1S/C27H18F4O/c1-2-18-3-5-19(6-4-18)7-8-20-9-15-25-22(17-20)12-16-24(26(25)28)21-10-13-23(14-11-21)32-27(29,30)31/h3-6,9-17H,2H2,1H3. The highest BCUT2D eigenvalue weighted by atomic mass is 19.4. The minimum Gasteiger partial charge on any atom is -0.406 e. The number of fused-ring (bicyclic) bond motifs is 1. The molecule has 0 spiro atoms. The number of rotatable bonds is 3. The smallest absolute Gasteiger partial charge is 0.406 e. The Morgan fingerprint density at radius 3 is 2.09 bits per heavy atom. The summed E-state index contributed by atoms with van der Waals surface area (Å²) < 4.78 is 56.0. The van der Waals surface area contributed by atoms with Crippen molar-refractivity contribution in [1.82, 2.24) is 0 Å². The van der Waals surface area contributed by atoms with Crippen LogP contribution in [0.3, 0.4) is 0 Å². The Morgan fingerprint density at radius 2 is 1.44 bits per heavy atom. The maximum absolute atomic E-state index is 15.1. The molecule has 0 aromatic heterocycles. The van der Waals surface area contributed by atoms with Crippen molar-refractivity contribution < 1.29 is 22.3 Å². The zero-order valence-electron chi connectivity index (χ0n) is 17.1. The van der Waals surface area contributed by atoms with Gasteiger partial charge in [-0.05, 0) is 59.3 Å². The molecule has 0 saturated carbocycles. The number of benzene rings is 4. The molecule has 0 aliphatic heterocycles. The van der Waals surface area contributed by atoms with Crippen molar-refractivity contribution in [2.24, 2.45) is 0 Å². The first kappa shape index (κ1) is 21.5. The second kappa shape index (κ2) is 8.76. The average Bonchev–Trinajstić information content (AvgIpc) is 2.78. The first-order valence-electron chi connectivity index (χ1n) is 10.0. The second-order valence-electron chi connectivity index (χ2n) is 7.24. The summed E-state index contributed by atoms with van der Waals surface area (Å²) in [5, 5.41) is 1.10. The van der Waals surface area contributed by atoms with Gasteiger partial charge in [0.1, 0.15) is 11.6 Å². The van der Waals surface area contributed by atoms with E-state index < -0.39 is 12.2 Å². The quantitative estimate of drug-likeness (QED) is 0.240. The summed E-state index contributed by atoms with van der Waals surface area (Å²) in [6.07, 6.45) is -3.80. The van der Waals surface area contributed by atoms with Crippen molar-refractivity contribution in [3.8, 4) is 28.7 Å². The molecule has 32 heavy (non-hydrogen) atoms. The van der Waals surface area contributed by atoms with E-state index in [1.54, 1.807) is 24.3 Å². The summed E-state index contributed by atoms with van der Waals surface area (Å²) in [7, 11) is 0. The largest absolute Gasteiger partial charge is 0.573 e. The molecule has 0 heterocycles. The highest BCUT2D eigenvalue weighted by Gasteiger charge is 2.31. The molecule has 0 atom stereocenters. The van der Waals surface area contributed by atoms with Crippen LogP contribution in [-0.4, -0.2) is 6.36 Å². The predicted molar refractivity (Wildman–Crippen MR) is 118 cm³/mol. The van der Waals surface area contributed by atoms with Gasteiger partial charge in [0.25, 0.3) is 0 Å². The van der Waals surface area contributed by atoms with Crippen molar-refractivity contribution in [2.45, 2.75) is 19.7 Å². The van der Waals surface area contributed by atoms with Crippen LogP contribution in [0.1, 0.15) is 23.6 Å². The molecule has 0 aliphatic rings. The number of aryl methyl sites for hydroxylation is 1. The number of alkyl halides is 3. The third-order valence-corrected chi connectivity index (χ3v) is 5.07. The van der Waals surface area contributed by atoms with Crippen molar-refractivity contribution >= 4 is 10.8 Å². The molecule has 0 unspecified atom stereocenters. The van der Waals surface area contributed by atoms with E-state index in [9.17, 15) is 13.2 Å². The van der Waals surface area contributed by atoms with Crippen LogP contribution in [0, 0.1) is 17.7 Å². The van der Waals surface area contributed by atoms with Gasteiger partial charge >= 0.3 is 6.36 Å². The summed E-state index contributed by atoms with van der Waals surface area (Å²) in [4.78, 5) is 0. The summed E-state index contributed by atoms with van der Waals surface area (Å²) >= 11 is 0. The van der Waals surface area contributed by atoms with Crippen molar-refractivity contribution in [1.29, 1.82) is 0 Å². The predicted octanol–water partition coefficient (Wildman–Crippen LogP) is 7.51. The molecule has 0 radical (unpaired) electrons. The molecule has 0 fully saturated rings. The van der Waals surface area contributed by atoms with E-state index in [2.05, 4.69) is 23.5 Å². The SMILES string of the molecule is CCc1ccc(C#Cc2ccc3c(F)c(-c4ccc(OC(F)(F)F)cc4)ccc3c2)cc1. The molecule has 0 bridgehead atoms. The van der Waals surface area contributed by atoms with Gasteiger partial charge in [0.05, 0.1) is 0 Å². The van der Waals surface area contributed by atoms with Crippen LogP contribution in [0.2, 0.25) is 0 Å². The van der Waals surface area contributed by atoms with Crippen LogP contribution in [0.15, 0.2) is 78.9 Å². The van der Waals surface area contributed by atoms with Crippen LogP contribution < -0.4 is 4.74 Å². The van der Waals surface area contributed by atoms with Crippen molar-refractivity contribution in [3.63, 3.8) is 0 Å². The molecule has 4 aromatic rings. The molecule has 4 rings (SSSR count). The van der Waals surface area contributed by atoms with Gasteiger partial charge in [-0.15, -0.1) is 13.2 Å². The molecule has 4 aromatic carbocycles. The van der Waals surface area contributed by atoms with E-state index in [1.165, 1.54) is 17.7 Å². The zero-order valence-corrected chi connectivity index (χ0v) is 17.1. The minimum absolute atomic E-state index is 0.297. The van der Waals surface area contributed by atoms with Gasteiger partial charge in [-0.1, -0.05) is 61.2 Å². The Labute approximate surface area is 183 Å². The molecule has 0 amide bonds. The third kappa shape index (κ3) is 4.92. The van der Waals surface area contributed by atoms with Gasteiger partial charge in [-0.3, -0.25) is 0 Å². The highest BCUT2D eigenvalue weighted by Crippen LogP contribution is 2.31. The fourth-order valence-corrected chi connectivity index (χ4v) is 3.40. The van der Waals surface area contributed by atoms with Crippen LogP contribution in [-0.2, 0) is 6.42 Å². The fraction of sp³-hybridized carbons (Fsp3) is 0.111. The van der Waals surface area contributed by atoms with Gasteiger partial charge in [-0.25, -0.2) is 4.39 Å². The van der Waals surface area contributed by atoms with Gasteiger partial charge in [0.2, 0.25) is 0 Å². The lowest BCUT2D eigenvalue weighted by Crippen LogP contribution is -2.16. The molecule has 0 aliphatic carbocycles. The van der Waals surface area contributed by atoms with Crippen LogP contribution in [0.4, 0.5) is 17.6 Å². The van der Waals surface area contributed by atoms with E-state index in [-0.39, 0.29) is 5.75 Å². The third-order valence-electron chi connectivity index (χ3n) is 5.07. The molecule has 5 heteroatoms. The number of hydrogen-bond donors (Lipinski definition) is 0. The highest BCUT2D eigenvalue weighted by molar-refractivity contribution is 5.89. The number of ether oxygens (including phenoxy) is 1. The van der Waals surface area contributed by atoms with Crippen LogP contribution in [0.5, 0.6) is 5.75 Å². The summed E-state index contributed by atoms with van der Waals surface area (Å²) in [5.41, 5.74) is 3.67. The van der Waals surface area contributed by atoms with Crippen molar-refractivity contribution in [2.75, 3.05) is 0 Å². The lowest BCUT2D eigenvalue weighted by Gasteiger charge is -2.10. The molecule has 160 valence electrons. The lowest BCUT2D eigenvalue weighted by molar-refractivity contribution is -0.274. The molecule has 1 nitrogen and oxygen atoms in total. The Kier molecular flexibility index (Phi) is 5.87. The average molecular weight is 434 g/mol. The topological polar surface area (TPSA) is 9.23 Å². The van der Waals surface area contributed by atoms with Gasteiger partial charge in [0.15, 0.2) is 0 Å². The minimum atomic E-state index is -4.77. The van der Waals surface area contributed by atoms with E-state index in [4.69, 9.17) is 0 Å². The van der Waals surface area contributed by atoms with Gasteiger partial charge in [0, 0.05) is 22.1 Å². The van der Waals surface area contributed by atoms with Crippen LogP contribution >= 0.6 is 0 Å². The Balaban J connectivity index is 1.60. The summed E-state index contributed by atoms with van der Waals surface area (Å²) in [5.74, 6) is 5.42. The monoisotopic (exact) mass is 434 g/mol. The van der Waals surface area contributed by atoms with E-state index in [0.29, 0.717) is 21.9 Å². The van der Waals surface area contributed by atoms with Crippen LogP contribution in [0.25, 0.3) is 21.9 Å². The number of hydrogen-bond acceptors (Lipinski definition) is 1. The molecule has 0 N–H and O–H groups in total. The van der Waals surface area contributed by atoms with Gasteiger partial charge in [-0.2, -0.15) is 0 Å². The fourth-order valence-electron chi connectivity index (χ4n) is 3.40. The molecular weight excluding hydrogens is 416 g/mol. The zero-order chi connectivity index (χ0) is 22.7. The van der Waals surface area contributed by atoms with Gasteiger partial charge < -0.3 is 4.74 Å². The molecular formula is C27H18F4O. The summed E-state index contributed by atoms with van der Waals surface area (Å²) in [6.45, 7) is 2.09. The maximum atomic E-state index is 15.1.